The summed E-state index contributed by atoms with van der Waals surface area (Å²) in [5.74, 6) is -0.490. The van der Waals surface area contributed by atoms with Crippen LogP contribution in [0.3, 0.4) is 0 Å². The Hall–Kier alpha value is -1.26. The molecule has 0 aliphatic heterocycles. The lowest BCUT2D eigenvalue weighted by atomic mass is 10.2. The van der Waals surface area contributed by atoms with Crippen molar-refractivity contribution >= 4 is 23.0 Å². The van der Waals surface area contributed by atoms with Gasteiger partial charge in [0.2, 0.25) is 0 Å². The highest BCUT2D eigenvalue weighted by atomic mass is 35.5. The van der Waals surface area contributed by atoms with Gasteiger partial charge in [0.25, 0.3) is 0 Å². The fraction of sp³-hybridized carbons (Fsp3) is 0.333. The van der Waals surface area contributed by atoms with Crippen molar-refractivity contribution in [1.29, 1.82) is 0 Å². The van der Waals surface area contributed by atoms with Crippen molar-refractivity contribution < 1.29 is 9.13 Å². The van der Waals surface area contributed by atoms with E-state index in [4.69, 9.17) is 22.1 Å². The third-order valence-electron chi connectivity index (χ3n) is 2.12. The smallest absolute Gasteiger partial charge is 0.143 e. The minimum Gasteiger partial charge on any atom is -0.397 e. The average molecular weight is 259 g/mol. The largest absolute Gasteiger partial charge is 0.397 e. The molecule has 0 bridgehead atoms. The molecule has 1 aromatic carbocycles. The number of hydrogen-bond donors (Lipinski definition) is 2. The van der Waals surface area contributed by atoms with Crippen molar-refractivity contribution in [3.63, 3.8) is 0 Å². The summed E-state index contributed by atoms with van der Waals surface area (Å²) in [6, 6.07) is 2.67. The van der Waals surface area contributed by atoms with Gasteiger partial charge in [-0.15, -0.1) is 6.58 Å². The molecule has 0 radical (unpaired) electrons. The molecule has 5 heteroatoms. The van der Waals surface area contributed by atoms with Gasteiger partial charge in [-0.05, 0) is 12.5 Å². The Morgan fingerprint density at radius 3 is 2.94 bits per heavy atom. The van der Waals surface area contributed by atoms with E-state index < -0.39 is 5.82 Å². The van der Waals surface area contributed by atoms with E-state index in [1.54, 1.807) is 6.08 Å². The number of nitrogens with two attached hydrogens (primary N) is 1. The van der Waals surface area contributed by atoms with Gasteiger partial charge in [-0.2, -0.15) is 0 Å². The van der Waals surface area contributed by atoms with Gasteiger partial charge in [0.05, 0.1) is 29.6 Å². The zero-order chi connectivity index (χ0) is 12.7. The van der Waals surface area contributed by atoms with Gasteiger partial charge in [-0.3, -0.25) is 0 Å². The number of hydrogen-bond acceptors (Lipinski definition) is 3. The monoisotopic (exact) mass is 258 g/mol. The van der Waals surface area contributed by atoms with Gasteiger partial charge in [-0.1, -0.05) is 17.7 Å². The molecular weight excluding hydrogens is 243 g/mol. The van der Waals surface area contributed by atoms with Crippen molar-refractivity contribution in [2.45, 2.75) is 6.42 Å². The lowest BCUT2D eigenvalue weighted by Gasteiger charge is -2.10. The standard InChI is InChI=1S/C12H16ClFN2O/c1-2-3-5-17-6-4-16-12-8-10(14)9(13)7-11(12)15/h2,7-8,16H,1,3-6,15H2. The number of rotatable bonds is 7. The highest BCUT2D eigenvalue weighted by Crippen LogP contribution is 2.25. The van der Waals surface area contributed by atoms with E-state index in [1.165, 1.54) is 12.1 Å². The predicted octanol–water partition coefficient (Wildman–Crippen LogP) is 3.07. The second-order valence-electron chi connectivity index (χ2n) is 3.47. The van der Waals surface area contributed by atoms with Crippen LogP contribution < -0.4 is 11.1 Å². The van der Waals surface area contributed by atoms with Crippen LogP contribution in [0.5, 0.6) is 0 Å². The molecule has 0 fully saturated rings. The van der Waals surface area contributed by atoms with Gasteiger partial charge in [0.1, 0.15) is 5.82 Å². The Balaban J connectivity index is 2.36. The first-order valence-corrected chi connectivity index (χ1v) is 5.70. The summed E-state index contributed by atoms with van der Waals surface area (Å²) in [6.07, 6.45) is 2.61. The average Bonchev–Trinajstić information content (AvgIpc) is 2.30. The SMILES string of the molecule is C=CCCOCCNc1cc(F)c(Cl)cc1N. The molecule has 0 saturated heterocycles. The highest BCUT2D eigenvalue weighted by molar-refractivity contribution is 6.31. The van der Waals surface area contributed by atoms with Crippen LogP contribution in [0.4, 0.5) is 15.8 Å². The number of halogens is 2. The molecule has 0 amide bonds. The minimum absolute atomic E-state index is 0.0234. The maximum Gasteiger partial charge on any atom is 0.143 e. The summed E-state index contributed by atoms with van der Waals surface area (Å²) < 4.78 is 18.5. The van der Waals surface area contributed by atoms with Crippen molar-refractivity contribution in [2.24, 2.45) is 0 Å². The lowest BCUT2D eigenvalue weighted by Crippen LogP contribution is -2.11. The number of nitrogen functional groups attached to an aromatic ring is 1. The van der Waals surface area contributed by atoms with Crippen LogP contribution in [-0.2, 0) is 4.74 Å². The van der Waals surface area contributed by atoms with E-state index in [9.17, 15) is 4.39 Å². The van der Waals surface area contributed by atoms with Crippen LogP contribution in [-0.4, -0.2) is 19.8 Å². The first-order chi connectivity index (χ1) is 8.15. The molecule has 3 N–H and O–H groups in total. The van der Waals surface area contributed by atoms with Crippen LogP contribution in [0.25, 0.3) is 0 Å². The highest BCUT2D eigenvalue weighted by Gasteiger charge is 2.05. The molecule has 94 valence electrons. The fourth-order valence-electron chi connectivity index (χ4n) is 1.24. The first-order valence-electron chi connectivity index (χ1n) is 5.32. The molecule has 17 heavy (non-hydrogen) atoms. The number of benzene rings is 1. The molecule has 3 nitrogen and oxygen atoms in total. The van der Waals surface area contributed by atoms with Crippen molar-refractivity contribution in [3.8, 4) is 0 Å². The normalized spacial score (nSPS) is 10.2. The molecule has 0 heterocycles. The van der Waals surface area contributed by atoms with Gasteiger partial charge < -0.3 is 15.8 Å². The maximum atomic E-state index is 13.2. The Morgan fingerprint density at radius 2 is 2.24 bits per heavy atom. The molecule has 0 unspecified atom stereocenters. The predicted molar refractivity (Wildman–Crippen MR) is 69.9 cm³/mol. The summed E-state index contributed by atoms with van der Waals surface area (Å²) in [4.78, 5) is 0. The van der Waals surface area contributed by atoms with E-state index >= 15 is 0 Å². The quantitative estimate of drug-likeness (QED) is 0.449. The molecule has 1 aromatic rings. The van der Waals surface area contributed by atoms with Gasteiger partial charge in [-0.25, -0.2) is 4.39 Å². The third kappa shape index (κ3) is 4.63. The van der Waals surface area contributed by atoms with Crippen molar-refractivity contribution in [1.82, 2.24) is 0 Å². The van der Waals surface area contributed by atoms with E-state index in [0.717, 1.165) is 6.42 Å². The molecule has 1 rings (SSSR count). The maximum absolute atomic E-state index is 13.2. The Bertz CT molecular complexity index is 385. The lowest BCUT2D eigenvalue weighted by molar-refractivity contribution is 0.149. The molecule has 0 atom stereocenters. The number of ether oxygens (including phenoxy) is 1. The molecule has 0 aliphatic rings. The molecule has 0 aromatic heterocycles. The van der Waals surface area contributed by atoms with Crippen LogP contribution >= 0.6 is 11.6 Å². The molecule has 0 spiro atoms. The minimum atomic E-state index is -0.490. The summed E-state index contributed by atoms with van der Waals surface area (Å²) in [6.45, 7) is 5.31. The molecular formula is C12H16ClFN2O. The first kappa shape index (κ1) is 13.8. The Morgan fingerprint density at radius 1 is 1.47 bits per heavy atom. The topological polar surface area (TPSA) is 47.3 Å². The second kappa shape index (κ2) is 7.14. The van der Waals surface area contributed by atoms with E-state index in [-0.39, 0.29) is 5.02 Å². The fourth-order valence-corrected chi connectivity index (χ4v) is 1.41. The van der Waals surface area contributed by atoms with Crippen LogP contribution in [0.15, 0.2) is 24.8 Å². The van der Waals surface area contributed by atoms with Crippen molar-refractivity contribution in [2.75, 3.05) is 30.8 Å². The summed E-state index contributed by atoms with van der Waals surface area (Å²) in [5, 5.41) is 3.01. The van der Waals surface area contributed by atoms with E-state index in [0.29, 0.717) is 31.1 Å². The van der Waals surface area contributed by atoms with Crippen LogP contribution in [0.2, 0.25) is 5.02 Å². The zero-order valence-corrected chi connectivity index (χ0v) is 10.3. The third-order valence-corrected chi connectivity index (χ3v) is 2.41. The summed E-state index contributed by atoms with van der Waals surface area (Å²) in [7, 11) is 0. The van der Waals surface area contributed by atoms with Gasteiger partial charge >= 0.3 is 0 Å². The summed E-state index contributed by atoms with van der Waals surface area (Å²) >= 11 is 5.59. The van der Waals surface area contributed by atoms with Crippen LogP contribution in [0.1, 0.15) is 6.42 Å². The Kier molecular flexibility index (Phi) is 5.80. The molecule has 0 saturated carbocycles. The van der Waals surface area contributed by atoms with Crippen LogP contribution in [0, 0.1) is 5.82 Å². The second-order valence-corrected chi connectivity index (χ2v) is 3.88. The van der Waals surface area contributed by atoms with Gasteiger partial charge in [0.15, 0.2) is 0 Å². The summed E-state index contributed by atoms with van der Waals surface area (Å²) in [5.41, 5.74) is 6.63. The van der Waals surface area contributed by atoms with Crippen molar-refractivity contribution in [3.05, 3.63) is 35.6 Å². The zero-order valence-electron chi connectivity index (χ0n) is 9.51. The molecule has 0 aliphatic carbocycles. The van der Waals surface area contributed by atoms with Gasteiger partial charge in [0, 0.05) is 12.6 Å². The van der Waals surface area contributed by atoms with E-state index in [2.05, 4.69) is 11.9 Å². The number of nitrogens with one attached hydrogen (secondary N) is 1. The van der Waals surface area contributed by atoms with E-state index in [1.807, 2.05) is 0 Å². The Labute approximate surface area is 105 Å². The number of anilines is 2.